The molecule has 1 aliphatic rings. The largest absolute Gasteiger partial charge is 0.444 e. The van der Waals surface area contributed by atoms with Crippen LogP contribution in [0.3, 0.4) is 0 Å². The SMILES string of the molecule is Cc1ccccc1Oc1c(C(=O)N2CCN(C(=O)OC(C)(C)C)CC2)c2ccccc2n1-c1ccccc1. The summed E-state index contributed by atoms with van der Waals surface area (Å²) in [4.78, 5) is 30.2. The number of rotatable bonds is 4. The van der Waals surface area contributed by atoms with Gasteiger partial charge in [0.15, 0.2) is 0 Å². The topological polar surface area (TPSA) is 64.0 Å². The van der Waals surface area contributed by atoms with Crippen LogP contribution in [-0.4, -0.2) is 58.1 Å². The van der Waals surface area contributed by atoms with Crippen LogP contribution in [-0.2, 0) is 4.74 Å². The third-order valence-corrected chi connectivity index (χ3v) is 6.58. The minimum absolute atomic E-state index is 0.122. The maximum Gasteiger partial charge on any atom is 0.410 e. The molecular weight excluding hydrogens is 478 g/mol. The summed E-state index contributed by atoms with van der Waals surface area (Å²) in [6.07, 6.45) is -0.353. The number of para-hydroxylation sites is 3. The Morgan fingerprint density at radius 1 is 0.763 bits per heavy atom. The van der Waals surface area contributed by atoms with Gasteiger partial charge in [0.05, 0.1) is 5.52 Å². The fraction of sp³-hybridized carbons (Fsp3) is 0.290. The van der Waals surface area contributed by atoms with Gasteiger partial charge in [0.1, 0.15) is 16.9 Å². The maximum atomic E-state index is 14.2. The molecule has 0 saturated carbocycles. The lowest BCUT2D eigenvalue weighted by Crippen LogP contribution is -2.51. The van der Waals surface area contributed by atoms with Crippen LogP contribution in [0.4, 0.5) is 4.79 Å². The first kappa shape index (κ1) is 25.4. The Kier molecular flexibility index (Phi) is 6.85. The number of benzene rings is 3. The zero-order valence-electron chi connectivity index (χ0n) is 22.3. The van der Waals surface area contributed by atoms with E-state index in [0.29, 0.717) is 43.4 Å². The molecule has 0 atom stereocenters. The van der Waals surface area contributed by atoms with Crippen LogP contribution < -0.4 is 4.74 Å². The Morgan fingerprint density at radius 3 is 2.05 bits per heavy atom. The summed E-state index contributed by atoms with van der Waals surface area (Å²) < 4.78 is 14.1. The van der Waals surface area contributed by atoms with E-state index in [0.717, 1.165) is 22.2 Å². The standard InChI is InChI=1S/C31H33N3O4/c1-22-12-8-11-17-26(22)37-29-27(24-15-9-10-16-25(24)34(29)23-13-6-5-7-14-23)28(35)32-18-20-33(21-19-32)30(36)38-31(2,3)4/h5-17H,18-21H2,1-4H3. The van der Waals surface area contributed by atoms with Crippen LogP contribution >= 0.6 is 0 Å². The predicted molar refractivity (Wildman–Crippen MR) is 148 cm³/mol. The molecule has 196 valence electrons. The van der Waals surface area contributed by atoms with Crippen LogP contribution in [0.15, 0.2) is 78.9 Å². The average Bonchev–Trinajstić information content (AvgIpc) is 3.23. The number of hydrogen-bond acceptors (Lipinski definition) is 4. The van der Waals surface area contributed by atoms with Crippen molar-refractivity contribution >= 4 is 22.9 Å². The summed E-state index contributed by atoms with van der Waals surface area (Å²) in [5.74, 6) is 1.05. The van der Waals surface area contributed by atoms with Gasteiger partial charge in [-0.2, -0.15) is 0 Å². The Hall–Kier alpha value is -4.26. The number of hydrogen-bond donors (Lipinski definition) is 0. The maximum absolute atomic E-state index is 14.2. The van der Waals surface area contributed by atoms with Crippen molar-refractivity contribution in [2.24, 2.45) is 0 Å². The summed E-state index contributed by atoms with van der Waals surface area (Å²) >= 11 is 0. The number of amides is 2. The second-order valence-corrected chi connectivity index (χ2v) is 10.5. The molecule has 5 rings (SSSR count). The van der Waals surface area contributed by atoms with Gasteiger partial charge in [-0.3, -0.25) is 9.36 Å². The summed E-state index contributed by atoms with van der Waals surface area (Å²) in [7, 11) is 0. The van der Waals surface area contributed by atoms with Gasteiger partial charge in [-0.05, 0) is 57.5 Å². The fourth-order valence-electron chi connectivity index (χ4n) is 4.70. The van der Waals surface area contributed by atoms with E-state index in [4.69, 9.17) is 9.47 Å². The number of piperazine rings is 1. The normalized spacial score (nSPS) is 14.0. The summed E-state index contributed by atoms with van der Waals surface area (Å²) in [6, 6.07) is 25.6. The van der Waals surface area contributed by atoms with Crippen molar-refractivity contribution in [3.8, 4) is 17.3 Å². The van der Waals surface area contributed by atoms with Gasteiger partial charge >= 0.3 is 6.09 Å². The van der Waals surface area contributed by atoms with E-state index in [9.17, 15) is 9.59 Å². The van der Waals surface area contributed by atoms with Crippen LogP contribution in [0, 0.1) is 6.92 Å². The molecule has 0 bridgehead atoms. The van der Waals surface area contributed by atoms with Crippen molar-refractivity contribution < 1.29 is 19.1 Å². The van der Waals surface area contributed by atoms with E-state index in [1.54, 1.807) is 9.80 Å². The number of fused-ring (bicyclic) bond motifs is 1. The van der Waals surface area contributed by atoms with Gasteiger partial charge in [-0.15, -0.1) is 0 Å². The van der Waals surface area contributed by atoms with Crippen molar-refractivity contribution in [2.75, 3.05) is 26.2 Å². The van der Waals surface area contributed by atoms with Gasteiger partial charge in [0, 0.05) is 37.3 Å². The van der Waals surface area contributed by atoms with Gasteiger partial charge in [-0.1, -0.05) is 54.6 Å². The Bertz CT molecular complexity index is 1460. The van der Waals surface area contributed by atoms with Crippen molar-refractivity contribution in [1.82, 2.24) is 14.4 Å². The summed E-state index contributed by atoms with van der Waals surface area (Å²) in [6.45, 7) is 9.18. The molecule has 0 aliphatic carbocycles. The number of carbonyl (C=O) groups is 2. The van der Waals surface area contributed by atoms with Crippen LogP contribution in [0.1, 0.15) is 36.7 Å². The highest BCUT2D eigenvalue weighted by atomic mass is 16.6. The molecule has 1 fully saturated rings. The van der Waals surface area contributed by atoms with Crippen molar-refractivity contribution in [2.45, 2.75) is 33.3 Å². The predicted octanol–water partition coefficient (Wildman–Crippen LogP) is 6.42. The average molecular weight is 512 g/mol. The van der Waals surface area contributed by atoms with Crippen LogP contribution in [0.2, 0.25) is 0 Å². The van der Waals surface area contributed by atoms with E-state index in [1.807, 2.05) is 111 Å². The molecule has 4 aromatic rings. The van der Waals surface area contributed by atoms with Crippen molar-refractivity contribution in [3.05, 3.63) is 90.0 Å². The van der Waals surface area contributed by atoms with E-state index < -0.39 is 5.60 Å². The Labute approximate surface area is 223 Å². The van der Waals surface area contributed by atoms with Gasteiger partial charge < -0.3 is 19.3 Å². The first-order valence-electron chi connectivity index (χ1n) is 12.9. The Morgan fingerprint density at radius 2 is 1.37 bits per heavy atom. The lowest BCUT2D eigenvalue weighted by atomic mass is 10.1. The molecule has 3 aromatic carbocycles. The molecular formula is C31H33N3O4. The second kappa shape index (κ2) is 10.2. The van der Waals surface area contributed by atoms with E-state index >= 15 is 0 Å². The molecule has 38 heavy (non-hydrogen) atoms. The molecule has 0 spiro atoms. The number of ether oxygens (including phenoxy) is 2. The molecule has 0 N–H and O–H groups in total. The van der Waals surface area contributed by atoms with Gasteiger partial charge in [-0.25, -0.2) is 4.79 Å². The molecule has 1 aromatic heterocycles. The number of nitrogens with zero attached hydrogens (tertiary/aromatic N) is 3. The molecule has 1 saturated heterocycles. The number of carbonyl (C=O) groups excluding carboxylic acids is 2. The zero-order valence-corrected chi connectivity index (χ0v) is 22.3. The van der Waals surface area contributed by atoms with E-state index in [1.165, 1.54) is 0 Å². The molecule has 2 amide bonds. The molecule has 0 unspecified atom stereocenters. The molecule has 7 heteroatoms. The molecule has 0 radical (unpaired) electrons. The summed E-state index contributed by atoms with van der Waals surface area (Å²) in [5, 5.41) is 0.819. The molecule has 2 heterocycles. The van der Waals surface area contributed by atoms with E-state index in [-0.39, 0.29) is 12.0 Å². The second-order valence-electron chi connectivity index (χ2n) is 10.5. The smallest absolute Gasteiger partial charge is 0.410 e. The van der Waals surface area contributed by atoms with Gasteiger partial charge in [0.25, 0.3) is 5.91 Å². The third-order valence-electron chi connectivity index (χ3n) is 6.58. The third kappa shape index (κ3) is 5.09. The number of aryl methyl sites for hydroxylation is 1. The lowest BCUT2D eigenvalue weighted by Gasteiger charge is -2.35. The Balaban J connectivity index is 1.54. The highest BCUT2D eigenvalue weighted by Gasteiger charge is 2.32. The molecule has 1 aliphatic heterocycles. The quantitative estimate of drug-likeness (QED) is 0.317. The van der Waals surface area contributed by atoms with E-state index in [2.05, 4.69) is 0 Å². The first-order valence-corrected chi connectivity index (χ1v) is 12.9. The van der Waals surface area contributed by atoms with Crippen molar-refractivity contribution in [3.63, 3.8) is 0 Å². The first-order chi connectivity index (χ1) is 18.2. The zero-order chi connectivity index (χ0) is 26.9. The summed E-state index contributed by atoms with van der Waals surface area (Å²) in [5.41, 5.74) is 2.71. The van der Waals surface area contributed by atoms with Crippen LogP contribution in [0.25, 0.3) is 16.6 Å². The minimum Gasteiger partial charge on any atom is -0.444 e. The highest BCUT2D eigenvalue weighted by Crippen LogP contribution is 2.39. The van der Waals surface area contributed by atoms with Crippen molar-refractivity contribution in [1.29, 1.82) is 0 Å². The van der Waals surface area contributed by atoms with Gasteiger partial charge in [0.2, 0.25) is 5.88 Å². The van der Waals surface area contributed by atoms with Crippen LogP contribution in [0.5, 0.6) is 11.6 Å². The lowest BCUT2D eigenvalue weighted by molar-refractivity contribution is 0.0140. The highest BCUT2D eigenvalue weighted by molar-refractivity contribution is 6.10. The fourth-order valence-corrected chi connectivity index (χ4v) is 4.70. The monoisotopic (exact) mass is 511 g/mol. The molecule has 7 nitrogen and oxygen atoms in total. The number of aromatic nitrogens is 1. The minimum atomic E-state index is -0.564.